The average molecular weight is 293 g/mol. The van der Waals surface area contributed by atoms with E-state index in [0.29, 0.717) is 18.2 Å². The molecule has 102 valence electrons. The SMILES string of the molecule is N#CCc1ccc(Oc2ncc(-c3cccs3)cn2)cc1. The molecule has 0 fully saturated rings. The molecule has 4 nitrogen and oxygen atoms in total. The molecule has 0 unspecified atom stereocenters. The minimum Gasteiger partial charge on any atom is -0.424 e. The Morgan fingerprint density at radius 2 is 1.86 bits per heavy atom. The van der Waals surface area contributed by atoms with Crippen LogP contribution in [0.25, 0.3) is 10.4 Å². The van der Waals surface area contributed by atoms with Crippen molar-refractivity contribution in [2.24, 2.45) is 0 Å². The smallest absolute Gasteiger partial charge is 0.321 e. The summed E-state index contributed by atoms with van der Waals surface area (Å²) in [4.78, 5) is 9.55. The Labute approximate surface area is 126 Å². The van der Waals surface area contributed by atoms with Gasteiger partial charge in [0, 0.05) is 22.8 Å². The Bertz CT molecular complexity index is 744. The number of nitriles is 1. The van der Waals surface area contributed by atoms with Gasteiger partial charge in [-0.3, -0.25) is 0 Å². The molecule has 0 atom stereocenters. The van der Waals surface area contributed by atoms with E-state index in [1.807, 2.05) is 41.8 Å². The van der Waals surface area contributed by atoms with E-state index in [-0.39, 0.29) is 0 Å². The molecule has 0 aliphatic carbocycles. The number of benzene rings is 1. The molecule has 3 rings (SSSR count). The number of hydrogen-bond acceptors (Lipinski definition) is 5. The third kappa shape index (κ3) is 3.25. The number of thiophene rings is 1. The third-order valence-corrected chi connectivity index (χ3v) is 3.77. The third-order valence-electron chi connectivity index (χ3n) is 2.85. The zero-order valence-electron chi connectivity index (χ0n) is 11.1. The highest BCUT2D eigenvalue weighted by molar-refractivity contribution is 7.13. The highest BCUT2D eigenvalue weighted by atomic mass is 32.1. The summed E-state index contributed by atoms with van der Waals surface area (Å²) in [5.74, 6) is 0.653. The summed E-state index contributed by atoms with van der Waals surface area (Å²) in [7, 11) is 0. The Balaban J connectivity index is 1.72. The highest BCUT2D eigenvalue weighted by Crippen LogP contribution is 2.25. The molecule has 5 heteroatoms. The molecule has 0 aliphatic heterocycles. The zero-order chi connectivity index (χ0) is 14.5. The fraction of sp³-hybridized carbons (Fsp3) is 0.0625. The number of nitrogens with zero attached hydrogens (tertiary/aromatic N) is 3. The first-order valence-electron chi connectivity index (χ1n) is 6.35. The van der Waals surface area contributed by atoms with E-state index in [1.165, 1.54) is 0 Å². The Kier molecular flexibility index (Phi) is 3.90. The van der Waals surface area contributed by atoms with Gasteiger partial charge in [0.1, 0.15) is 5.75 Å². The van der Waals surface area contributed by atoms with Gasteiger partial charge in [-0.1, -0.05) is 18.2 Å². The number of aromatic nitrogens is 2. The lowest BCUT2D eigenvalue weighted by Crippen LogP contribution is -1.92. The molecule has 3 aromatic rings. The van der Waals surface area contributed by atoms with Crippen LogP contribution in [-0.4, -0.2) is 9.97 Å². The second-order valence-corrected chi connectivity index (χ2v) is 5.26. The maximum absolute atomic E-state index is 8.63. The summed E-state index contributed by atoms with van der Waals surface area (Å²) in [6.45, 7) is 0. The van der Waals surface area contributed by atoms with Gasteiger partial charge in [0.15, 0.2) is 0 Å². The molecule has 2 aromatic heterocycles. The molecule has 0 saturated carbocycles. The molecule has 0 bridgehead atoms. The predicted molar refractivity (Wildman–Crippen MR) is 81.2 cm³/mol. The van der Waals surface area contributed by atoms with Crippen LogP contribution in [0, 0.1) is 11.3 Å². The molecule has 0 spiro atoms. The van der Waals surface area contributed by atoms with Crippen molar-refractivity contribution in [2.75, 3.05) is 0 Å². The van der Waals surface area contributed by atoms with Gasteiger partial charge in [-0.2, -0.15) is 5.26 Å². The predicted octanol–water partition coefficient (Wildman–Crippen LogP) is 4.06. The average Bonchev–Trinajstić information content (AvgIpc) is 3.05. The van der Waals surface area contributed by atoms with Crippen LogP contribution in [0.5, 0.6) is 11.8 Å². The van der Waals surface area contributed by atoms with Crippen LogP contribution in [0.2, 0.25) is 0 Å². The second-order valence-electron chi connectivity index (χ2n) is 4.31. The van der Waals surface area contributed by atoms with E-state index in [9.17, 15) is 0 Å². The van der Waals surface area contributed by atoms with Crippen molar-refractivity contribution in [2.45, 2.75) is 6.42 Å². The van der Waals surface area contributed by atoms with Crippen molar-refractivity contribution >= 4 is 11.3 Å². The fourth-order valence-corrected chi connectivity index (χ4v) is 2.51. The van der Waals surface area contributed by atoms with E-state index >= 15 is 0 Å². The van der Waals surface area contributed by atoms with Crippen molar-refractivity contribution in [1.29, 1.82) is 5.26 Å². The van der Waals surface area contributed by atoms with Gasteiger partial charge in [-0.05, 0) is 29.1 Å². The molecule has 2 heterocycles. The summed E-state index contributed by atoms with van der Waals surface area (Å²) in [6.07, 6.45) is 3.89. The van der Waals surface area contributed by atoms with Crippen molar-refractivity contribution < 1.29 is 4.74 Å². The van der Waals surface area contributed by atoms with Crippen molar-refractivity contribution in [3.05, 3.63) is 59.7 Å². The van der Waals surface area contributed by atoms with Gasteiger partial charge in [-0.15, -0.1) is 11.3 Å². The fourth-order valence-electron chi connectivity index (χ4n) is 1.81. The standard InChI is InChI=1S/C16H11N3OS/c17-8-7-12-3-5-14(6-4-12)20-16-18-10-13(11-19-16)15-2-1-9-21-15/h1-6,9-11H,7H2. The normalized spacial score (nSPS) is 10.0. The molecule has 21 heavy (non-hydrogen) atoms. The first-order chi connectivity index (χ1) is 10.3. The molecule has 0 radical (unpaired) electrons. The van der Waals surface area contributed by atoms with Gasteiger partial charge in [0.2, 0.25) is 0 Å². The molecular weight excluding hydrogens is 282 g/mol. The van der Waals surface area contributed by atoms with Crippen LogP contribution in [0.4, 0.5) is 0 Å². The number of ether oxygens (including phenoxy) is 1. The lowest BCUT2D eigenvalue weighted by Gasteiger charge is -2.04. The summed E-state index contributed by atoms with van der Waals surface area (Å²) >= 11 is 1.64. The first kappa shape index (κ1) is 13.3. The van der Waals surface area contributed by atoms with Crippen LogP contribution >= 0.6 is 11.3 Å². The van der Waals surface area contributed by atoms with E-state index in [0.717, 1.165) is 16.0 Å². The lowest BCUT2D eigenvalue weighted by molar-refractivity contribution is 0.442. The summed E-state index contributed by atoms with van der Waals surface area (Å²) in [5.41, 5.74) is 1.93. The summed E-state index contributed by atoms with van der Waals surface area (Å²) < 4.78 is 5.58. The van der Waals surface area contributed by atoms with Crippen molar-refractivity contribution in [3.63, 3.8) is 0 Å². The van der Waals surface area contributed by atoms with E-state index < -0.39 is 0 Å². The second kappa shape index (κ2) is 6.16. The maximum atomic E-state index is 8.63. The minimum atomic E-state index is 0.309. The maximum Gasteiger partial charge on any atom is 0.321 e. The Morgan fingerprint density at radius 1 is 1.10 bits per heavy atom. The van der Waals surface area contributed by atoms with Crippen molar-refractivity contribution in [1.82, 2.24) is 9.97 Å². The monoisotopic (exact) mass is 293 g/mol. The van der Waals surface area contributed by atoms with Gasteiger partial charge >= 0.3 is 6.01 Å². The van der Waals surface area contributed by atoms with Crippen molar-refractivity contribution in [3.8, 4) is 28.3 Å². The van der Waals surface area contributed by atoms with Crippen LogP contribution in [0.15, 0.2) is 54.2 Å². The topological polar surface area (TPSA) is 58.8 Å². The lowest BCUT2D eigenvalue weighted by atomic mass is 10.2. The Morgan fingerprint density at radius 3 is 2.48 bits per heavy atom. The molecule has 0 N–H and O–H groups in total. The van der Waals surface area contributed by atoms with E-state index in [2.05, 4.69) is 16.0 Å². The number of rotatable bonds is 4. The van der Waals surface area contributed by atoms with Crippen LogP contribution in [0.3, 0.4) is 0 Å². The molecule has 1 aromatic carbocycles. The Hall–Kier alpha value is -2.71. The van der Waals surface area contributed by atoms with Gasteiger partial charge in [0.25, 0.3) is 0 Å². The quantitative estimate of drug-likeness (QED) is 0.727. The van der Waals surface area contributed by atoms with Gasteiger partial charge < -0.3 is 4.74 Å². The van der Waals surface area contributed by atoms with Crippen LogP contribution in [-0.2, 0) is 6.42 Å². The summed E-state index contributed by atoms with van der Waals surface area (Å²) in [5, 5.41) is 10.6. The zero-order valence-corrected chi connectivity index (χ0v) is 11.9. The minimum absolute atomic E-state index is 0.309. The van der Waals surface area contributed by atoms with Gasteiger partial charge in [0.05, 0.1) is 12.5 Å². The number of hydrogen-bond donors (Lipinski definition) is 0. The molecular formula is C16H11N3OS. The van der Waals surface area contributed by atoms with E-state index in [1.54, 1.807) is 23.7 Å². The molecule has 0 amide bonds. The van der Waals surface area contributed by atoms with Crippen LogP contribution < -0.4 is 4.74 Å². The molecule has 0 saturated heterocycles. The largest absolute Gasteiger partial charge is 0.424 e. The van der Waals surface area contributed by atoms with Gasteiger partial charge in [-0.25, -0.2) is 9.97 Å². The van der Waals surface area contributed by atoms with Crippen LogP contribution in [0.1, 0.15) is 5.56 Å². The van der Waals surface area contributed by atoms with E-state index in [4.69, 9.17) is 10.00 Å². The highest BCUT2D eigenvalue weighted by Gasteiger charge is 2.03. The summed E-state index contributed by atoms with van der Waals surface area (Å²) in [6, 6.07) is 13.8. The molecule has 0 aliphatic rings. The first-order valence-corrected chi connectivity index (χ1v) is 7.23.